The van der Waals surface area contributed by atoms with Crippen molar-refractivity contribution in [1.29, 1.82) is 0 Å². The molecule has 0 aliphatic carbocycles. The lowest BCUT2D eigenvalue weighted by Gasteiger charge is -2.10. The average Bonchev–Trinajstić information content (AvgIpc) is 2.58. The molecule has 1 aromatic carbocycles. The largest absolute Gasteiger partial charge is 0.352 e. The first kappa shape index (κ1) is 19.4. The second-order valence-electron chi connectivity index (χ2n) is 5.57. The van der Waals surface area contributed by atoms with Crippen molar-refractivity contribution in [2.45, 2.75) is 19.9 Å². The van der Waals surface area contributed by atoms with Gasteiger partial charge in [-0.1, -0.05) is 12.1 Å². The highest BCUT2D eigenvalue weighted by Crippen LogP contribution is 2.16. The topological polar surface area (TPSA) is 117 Å². The molecule has 0 atom stereocenters. The van der Waals surface area contributed by atoms with Gasteiger partial charge in [-0.2, -0.15) is 0 Å². The molecule has 3 N–H and O–H groups in total. The van der Waals surface area contributed by atoms with Crippen LogP contribution >= 0.6 is 0 Å². The number of hydrogen-bond acceptors (Lipinski definition) is 5. The lowest BCUT2D eigenvalue weighted by atomic mass is 10.3. The molecule has 138 valence electrons. The maximum atomic E-state index is 12.1. The highest BCUT2D eigenvalue weighted by Gasteiger charge is 2.14. The summed E-state index contributed by atoms with van der Waals surface area (Å²) < 4.78 is 26.6. The van der Waals surface area contributed by atoms with Gasteiger partial charge in [0, 0.05) is 38.0 Å². The van der Waals surface area contributed by atoms with Crippen molar-refractivity contribution in [3.05, 3.63) is 54.4 Å². The lowest BCUT2D eigenvalue weighted by Crippen LogP contribution is -2.27. The fourth-order valence-corrected chi connectivity index (χ4v) is 3.16. The van der Waals surface area contributed by atoms with Crippen LogP contribution in [0.15, 0.2) is 48.8 Å². The Labute approximate surface area is 152 Å². The van der Waals surface area contributed by atoms with E-state index in [1.54, 1.807) is 36.7 Å². The van der Waals surface area contributed by atoms with Gasteiger partial charge in [0.2, 0.25) is 21.8 Å². The SMILES string of the molecule is CC(=O)Nc1cccc(NS(=O)(=O)CCC(=O)NCc2cccnc2)c1. The summed E-state index contributed by atoms with van der Waals surface area (Å²) in [5, 5.41) is 5.22. The summed E-state index contributed by atoms with van der Waals surface area (Å²) in [7, 11) is -3.69. The quantitative estimate of drug-likeness (QED) is 0.645. The smallest absolute Gasteiger partial charge is 0.233 e. The van der Waals surface area contributed by atoms with Crippen LogP contribution in [0.3, 0.4) is 0 Å². The zero-order valence-corrected chi connectivity index (χ0v) is 15.0. The fraction of sp³-hybridized carbons (Fsp3) is 0.235. The first-order valence-corrected chi connectivity index (χ1v) is 9.53. The number of sulfonamides is 1. The number of rotatable bonds is 8. The van der Waals surface area contributed by atoms with Crippen molar-refractivity contribution < 1.29 is 18.0 Å². The number of nitrogens with one attached hydrogen (secondary N) is 3. The van der Waals surface area contributed by atoms with Crippen molar-refractivity contribution in [3.63, 3.8) is 0 Å². The molecular weight excluding hydrogens is 356 g/mol. The second kappa shape index (κ2) is 8.95. The van der Waals surface area contributed by atoms with Crippen molar-refractivity contribution in [2.75, 3.05) is 15.8 Å². The Morgan fingerprint density at radius 1 is 1.12 bits per heavy atom. The highest BCUT2D eigenvalue weighted by molar-refractivity contribution is 7.92. The third-order valence-corrected chi connectivity index (χ3v) is 4.55. The number of aromatic nitrogens is 1. The fourth-order valence-electron chi connectivity index (χ4n) is 2.11. The molecule has 0 saturated carbocycles. The Bertz CT molecular complexity index is 869. The van der Waals surface area contributed by atoms with Crippen LogP contribution in [0.2, 0.25) is 0 Å². The minimum Gasteiger partial charge on any atom is -0.352 e. The van der Waals surface area contributed by atoms with Gasteiger partial charge >= 0.3 is 0 Å². The van der Waals surface area contributed by atoms with Crippen molar-refractivity contribution in [2.24, 2.45) is 0 Å². The summed E-state index contributed by atoms with van der Waals surface area (Å²) in [6.45, 7) is 1.65. The molecule has 1 aromatic heterocycles. The molecule has 26 heavy (non-hydrogen) atoms. The molecule has 0 saturated heterocycles. The minimum atomic E-state index is -3.69. The third-order valence-electron chi connectivity index (χ3n) is 3.27. The maximum Gasteiger partial charge on any atom is 0.233 e. The number of nitrogens with zero attached hydrogens (tertiary/aromatic N) is 1. The van der Waals surface area contributed by atoms with Crippen LogP contribution in [0, 0.1) is 0 Å². The van der Waals surface area contributed by atoms with E-state index < -0.39 is 10.0 Å². The Hall–Kier alpha value is -2.94. The zero-order valence-electron chi connectivity index (χ0n) is 14.2. The van der Waals surface area contributed by atoms with Crippen molar-refractivity contribution in [1.82, 2.24) is 10.3 Å². The number of carbonyl (C=O) groups is 2. The molecule has 0 spiro atoms. The third kappa shape index (κ3) is 6.89. The Morgan fingerprint density at radius 2 is 1.88 bits per heavy atom. The normalized spacial score (nSPS) is 10.8. The molecule has 0 aliphatic heterocycles. The minimum absolute atomic E-state index is 0.166. The molecule has 1 heterocycles. The van der Waals surface area contributed by atoms with E-state index in [0.717, 1.165) is 5.56 Å². The van der Waals surface area contributed by atoms with Gasteiger partial charge in [0.25, 0.3) is 0 Å². The average molecular weight is 376 g/mol. The monoisotopic (exact) mass is 376 g/mol. The number of anilines is 2. The van der Waals surface area contributed by atoms with Crippen LogP contribution in [0.4, 0.5) is 11.4 Å². The molecule has 0 radical (unpaired) electrons. The van der Waals surface area contributed by atoms with Crippen LogP contribution in [0.1, 0.15) is 18.9 Å². The number of amides is 2. The van der Waals surface area contributed by atoms with Crippen LogP contribution in [0.5, 0.6) is 0 Å². The van der Waals surface area contributed by atoms with E-state index in [-0.39, 0.29) is 24.0 Å². The molecule has 9 heteroatoms. The van der Waals surface area contributed by atoms with Crippen molar-refractivity contribution in [3.8, 4) is 0 Å². The van der Waals surface area contributed by atoms with Gasteiger partial charge in [-0.05, 0) is 29.8 Å². The summed E-state index contributed by atoms with van der Waals surface area (Å²) in [6, 6.07) is 9.89. The van der Waals surface area contributed by atoms with Crippen LogP contribution in [-0.4, -0.2) is 31.0 Å². The van der Waals surface area contributed by atoms with Crippen LogP contribution < -0.4 is 15.4 Å². The number of carbonyl (C=O) groups excluding carboxylic acids is 2. The van der Waals surface area contributed by atoms with Crippen LogP contribution in [-0.2, 0) is 26.2 Å². The van der Waals surface area contributed by atoms with Gasteiger partial charge in [-0.25, -0.2) is 8.42 Å². The highest BCUT2D eigenvalue weighted by atomic mass is 32.2. The van der Waals surface area contributed by atoms with Gasteiger partial charge in [0.05, 0.1) is 11.4 Å². The van der Waals surface area contributed by atoms with Gasteiger partial charge in [-0.15, -0.1) is 0 Å². The molecule has 2 amide bonds. The van der Waals surface area contributed by atoms with Gasteiger partial charge in [-0.3, -0.25) is 19.3 Å². The van der Waals surface area contributed by atoms with E-state index in [0.29, 0.717) is 17.9 Å². The Morgan fingerprint density at radius 3 is 2.58 bits per heavy atom. The molecule has 0 unspecified atom stereocenters. The van der Waals surface area contributed by atoms with E-state index in [1.807, 2.05) is 6.07 Å². The maximum absolute atomic E-state index is 12.1. The second-order valence-corrected chi connectivity index (χ2v) is 7.41. The van der Waals surface area contributed by atoms with Gasteiger partial charge < -0.3 is 10.6 Å². The molecular formula is C17H20N4O4S. The van der Waals surface area contributed by atoms with Gasteiger partial charge in [0.1, 0.15) is 0 Å². The first-order chi connectivity index (χ1) is 12.3. The summed E-state index contributed by atoms with van der Waals surface area (Å²) in [6.07, 6.45) is 3.09. The van der Waals surface area contributed by atoms with E-state index in [2.05, 4.69) is 20.3 Å². The van der Waals surface area contributed by atoms with Crippen LogP contribution in [0.25, 0.3) is 0 Å². The molecule has 2 aromatic rings. The number of pyridine rings is 1. The number of hydrogen-bond donors (Lipinski definition) is 3. The zero-order chi connectivity index (χ0) is 19.0. The molecule has 0 aliphatic rings. The lowest BCUT2D eigenvalue weighted by molar-refractivity contribution is -0.120. The Balaban J connectivity index is 1.84. The summed E-state index contributed by atoms with van der Waals surface area (Å²) >= 11 is 0. The van der Waals surface area contributed by atoms with E-state index in [9.17, 15) is 18.0 Å². The molecule has 8 nitrogen and oxygen atoms in total. The van der Waals surface area contributed by atoms with E-state index in [4.69, 9.17) is 0 Å². The summed E-state index contributed by atoms with van der Waals surface area (Å²) in [4.78, 5) is 26.8. The predicted octanol–water partition coefficient (Wildman–Crippen LogP) is 1.49. The first-order valence-electron chi connectivity index (χ1n) is 7.88. The van der Waals surface area contributed by atoms with Gasteiger partial charge in [0.15, 0.2) is 0 Å². The predicted molar refractivity (Wildman–Crippen MR) is 98.9 cm³/mol. The van der Waals surface area contributed by atoms with E-state index in [1.165, 1.54) is 13.0 Å². The summed E-state index contributed by atoms with van der Waals surface area (Å²) in [5.74, 6) is -0.975. The van der Waals surface area contributed by atoms with E-state index >= 15 is 0 Å². The van der Waals surface area contributed by atoms with Crippen molar-refractivity contribution >= 4 is 33.2 Å². The molecule has 2 rings (SSSR count). The summed E-state index contributed by atoms with van der Waals surface area (Å²) in [5.41, 5.74) is 1.62. The molecule has 0 bridgehead atoms. The Kier molecular flexibility index (Phi) is 6.67. The molecule has 0 fully saturated rings. The number of benzene rings is 1. The standard InChI is InChI=1S/C17H20N4O4S/c1-13(22)20-15-5-2-6-16(10-15)21-26(24,25)9-7-17(23)19-12-14-4-3-8-18-11-14/h2-6,8,10-11,21H,7,9,12H2,1H3,(H,19,23)(H,20,22).